The van der Waals surface area contributed by atoms with Crippen molar-refractivity contribution in [3.63, 3.8) is 0 Å². The molecule has 2 aliphatic rings. The van der Waals surface area contributed by atoms with Crippen LogP contribution < -0.4 is 5.73 Å². The van der Waals surface area contributed by atoms with Crippen molar-refractivity contribution in [2.24, 2.45) is 16.6 Å². The molecule has 6 heteroatoms. The number of hydrogen-bond acceptors (Lipinski definition) is 3. The monoisotopic (exact) mass is 385 g/mol. The number of hydrogen-bond donors (Lipinski definition) is 1. The smallest absolute Gasteiger partial charge is 0.191 e. The first-order chi connectivity index (χ1) is 8.15. The first-order valence-electron chi connectivity index (χ1n) is 6.33. The van der Waals surface area contributed by atoms with Gasteiger partial charge in [-0.25, -0.2) is 0 Å². The molecule has 0 aromatic heterocycles. The maximum Gasteiger partial charge on any atom is 0.191 e. The average molecular weight is 385 g/mol. The van der Waals surface area contributed by atoms with E-state index in [2.05, 4.69) is 16.8 Å². The van der Waals surface area contributed by atoms with Crippen molar-refractivity contribution in [1.29, 1.82) is 0 Å². The quantitative estimate of drug-likeness (QED) is 0.456. The Kier molecular flexibility index (Phi) is 6.54. The van der Waals surface area contributed by atoms with Crippen LogP contribution >= 0.6 is 35.7 Å². The second kappa shape index (κ2) is 7.19. The van der Waals surface area contributed by atoms with Gasteiger partial charge in [-0.1, -0.05) is 0 Å². The van der Waals surface area contributed by atoms with Gasteiger partial charge < -0.3 is 15.4 Å². The minimum absolute atomic E-state index is 0. The first-order valence-corrected chi connectivity index (χ1v) is 7.49. The fourth-order valence-electron chi connectivity index (χ4n) is 2.18. The summed E-state index contributed by atoms with van der Waals surface area (Å²) in [6.07, 6.45) is 2.53. The van der Waals surface area contributed by atoms with Crippen molar-refractivity contribution in [3.8, 4) is 0 Å². The lowest BCUT2D eigenvalue weighted by Crippen LogP contribution is -2.44. The number of nitrogens with zero attached hydrogens (tertiary/aromatic N) is 2. The molecule has 1 atom stereocenters. The molecule has 106 valence electrons. The van der Waals surface area contributed by atoms with Crippen LogP contribution in [0.5, 0.6) is 0 Å². The lowest BCUT2D eigenvalue weighted by molar-refractivity contribution is -0.00487. The fourth-order valence-corrected chi connectivity index (χ4v) is 3.09. The molecule has 1 saturated heterocycles. The van der Waals surface area contributed by atoms with E-state index in [1.54, 1.807) is 7.11 Å². The summed E-state index contributed by atoms with van der Waals surface area (Å²) in [6.45, 7) is 4.87. The molecule has 0 radical (unpaired) electrons. The third-order valence-electron chi connectivity index (χ3n) is 3.80. The molecule has 0 aromatic carbocycles. The molecular formula is C12H24IN3OS. The molecule has 2 fully saturated rings. The van der Waals surface area contributed by atoms with Crippen molar-refractivity contribution < 1.29 is 4.74 Å². The molecule has 1 heterocycles. The zero-order valence-electron chi connectivity index (χ0n) is 11.2. The van der Waals surface area contributed by atoms with Gasteiger partial charge in [0.15, 0.2) is 5.96 Å². The summed E-state index contributed by atoms with van der Waals surface area (Å²) in [5.74, 6) is 3.66. The lowest BCUT2D eigenvalue weighted by Gasteiger charge is -2.30. The van der Waals surface area contributed by atoms with E-state index in [1.165, 1.54) is 12.8 Å². The second-order valence-electron chi connectivity index (χ2n) is 5.06. The summed E-state index contributed by atoms with van der Waals surface area (Å²) in [5, 5.41) is 0. The van der Waals surface area contributed by atoms with Crippen molar-refractivity contribution in [1.82, 2.24) is 4.90 Å². The van der Waals surface area contributed by atoms with Crippen molar-refractivity contribution in [2.45, 2.75) is 25.4 Å². The minimum Gasteiger partial charge on any atom is -0.376 e. The Balaban J connectivity index is 0.00000162. The van der Waals surface area contributed by atoms with Gasteiger partial charge in [0.1, 0.15) is 0 Å². The number of thioether (sulfide) groups is 1. The van der Waals surface area contributed by atoms with E-state index in [4.69, 9.17) is 10.5 Å². The average Bonchev–Trinajstić information content (AvgIpc) is 3.21. The van der Waals surface area contributed by atoms with Gasteiger partial charge in [0.05, 0.1) is 12.1 Å². The van der Waals surface area contributed by atoms with Crippen LogP contribution in [0.15, 0.2) is 4.99 Å². The predicted octanol–water partition coefficient (Wildman–Crippen LogP) is 1.78. The predicted molar refractivity (Wildman–Crippen MR) is 88.9 cm³/mol. The largest absolute Gasteiger partial charge is 0.376 e. The zero-order chi connectivity index (χ0) is 12.3. The molecule has 2 N–H and O–H groups in total. The van der Waals surface area contributed by atoms with E-state index in [9.17, 15) is 0 Å². The van der Waals surface area contributed by atoms with Crippen LogP contribution in [0.25, 0.3) is 0 Å². The van der Waals surface area contributed by atoms with Gasteiger partial charge in [-0.2, -0.15) is 11.8 Å². The van der Waals surface area contributed by atoms with Gasteiger partial charge in [0, 0.05) is 31.7 Å². The highest BCUT2D eigenvalue weighted by Crippen LogP contribution is 2.41. The molecule has 0 spiro atoms. The fraction of sp³-hybridized carbons (Fsp3) is 0.917. The molecule has 0 aromatic rings. The number of aliphatic imine (C=N–C) groups is 1. The van der Waals surface area contributed by atoms with E-state index in [0.717, 1.165) is 24.6 Å². The van der Waals surface area contributed by atoms with Crippen LogP contribution in [0.3, 0.4) is 0 Å². The molecule has 4 nitrogen and oxygen atoms in total. The molecule has 1 aliphatic carbocycles. The number of nitrogens with two attached hydrogens (primary N) is 1. The van der Waals surface area contributed by atoms with Crippen molar-refractivity contribution in [2.75, 3.05) is 38.2 Å². The Morgan fingerprint density at radius 3 is 2.56 bits per heavy atom. The van der Waals surface area contributed by atoms with Gasteiger partial charge in [-0.05, 0) is 25.7 Å². The minimum atomic E-state index is -0.116. The standard InChI is InChI=1S/C12H23N3OS.HI/c1-12(16-2,10-3-4-10)9-14-11(13)15-5-7-17-8-6-15;/h10H,3-9H2,1-2H3,(H2,13,14);1H. The molecule has 0 amide bonds. The summed E-state index contributed by atoms with van der Waals surface area (Å²) < 4.78 is 5.61. The van der Waals surface area contributed by atoms with Crippen LogP contribution in [0.1, 0.15) is 19.8 Å². The van der Waals surface area contributed by atoms with Crippen LogP contribution in [-0.4, -0.2) is 54.7 Å². The highest BCUT2D eigenvalue weighted by Gasteiger charge is 2.41. The van der Waals surface area contributed by atoms with Crippen LogP contribution in [0, 0.1) is 5.92 Å². The molecule has 1 aliphatic heterocycles. The Labute approximate surface area is 131 Å². The van der Waals surface area contributed by atoms with Gasteiger partial charge in [0.25, 0.3) is 0 Å². The Bertz CT molecular complexity index is 293. The molecular weight excluding hydrogens is 361 g/mol. The Morgan fingerprint density at radius 1 is 1.44 bits per heavy atom. The number of rotatable bonds is 4. The lowest BCUT2D eigenvalue weighted by atomic mass is 10.0. The van der Waals surface area contributed by atoms with E-state index in [0.29, 0.717) is 18.4 Å². The SMILES string of the molecule is COC(C)(CN=C(N)N1CCSCC1)C1CC1.I. The Morgan fingerprint density at radius 2 is 2.06 bits per heavy atom. The third-order valence-corrected chi connectivity index (χ3v) is 4.74. The van der Waals surface area contributed by atoms with E-state index in [-0.39, 0.29) is 29.6 Å². The van der Waals surface area contributed by atoms with E-state index >= 15 is 0 Å². The van der Waals surface area contributed by atoms with Gasteiger partial charge in [-0.3, -0.25) is 4.99 Å². The molecule has 2 rings (SSSR count). The van der Waals surface area contributed by atoms with Crippen molar-refractivity contribution in [3.05, 3.63) is 0 Å². The summed E-state index contributed by atoms with van der Waals surface area (Å²) in [4.78, 5) is 6.72. The normalized spacial score (nSPS) is 24.3. The van der Waals surface area contributed by atoms with Crippen LogP contribution in [0.2, 0.25) is 0 Å². The van der Waals surface area contributed by atoms with E-state index in [1.807, 2.05) is 11.8 Å². The van der Waals surface area contributed by atoms with Crippen molar-refractivity contribution >= 4 is 41.7 Å². The molecule has 1 saturated carbocycles. The highest BCUT2D eigenvalue weighted by atomic mass is 127. The summed E-state index contributed by atoms with van der Waals surface area (Å²) >= 11 is 1.98. The first kappa shape index (κ1) is 16.4. The molecule has 18 heavy (non-hydrogen) atoms. The van der Waals surface area contributed by atoms with Crippen LogP contribution in [-0.2, 0) is 4.74 Å². The summed E-state index contributed by atoms with van der Waals surface area (Å²) in [7, 11) is 1.78. The topological polar surface area (TPSA) is 50.9 Å². The molecule has 1 unspecified atom stereocenters. The summed E-state index contributed by atoms with van der Waals surface area (Å²) in [6, 6.07) is 0. The third kappa shape index (κ3) is 4.16. The summed E-state index contributed by atoms with van der Waals surface area (Å²) in [5.41, 5.74) is 5.93. The number of methoxy groups -OCH3 is 1. The molecule has 0 bridgehead atoms. The zero-order valence-corrected chi connectivity index (χ0v) is 14.4. The second-order valence-corrected chi connectivity index (χ2v) is 6.29. The van der Waals surface area contributed by atoms with Gasteiger partial charge in [0.2, 0.25) is 0 Å². The maximum absolute atomic E-state index is 6.04. The maximum atomic E-state index is 6.04. The number of guanidine groups is 1. The van der Waals surface area contributed by atoms with Gasteiger partial charge >= 0.3 is 0 Å². The highest BCUT2D eigenvalue weighted by molar-refractivity contribution is 14.0. The van der Waals surface area contributed by atoms with E-state index < -0.39 is 0 Å². The van der Waals surface area contributed by atoms with Crippen LogP contribution in [0.4, 0.5) is 0 Å². The Hall–Kier alpha value is 0.310. The number of ether oxygens (including phenoxy) is 1. The number of halogens is 1. The van der Waals surface area contributed by atoms with Gasteiger partial charge in [-0.15, -0.1) is 24.0 Å².